The molecule has 16 heavy (non-hydrogen) atoms. The van der Waals surface area contributed by atoms with E-state index in [0.717, 1.165) is 0 Å². The Morgan fingerprint density at radius 1 is 1.44 bits per heavy atom. The number of aromatic nitrogens is 4. The molecule has 2 N–H and O–H groups in total. The maximum atomic E-state index is 11.4. The molecule has 0 bridgehead atoms. The van der Waals surface area contributed by atoms with Gasteiger partial charge in [-0.05, 0) is 0 Å². The largest absolute Gasteiger partial charge is 0.476 e. The summed E-state index contributed by atoms with van der Waals surface area (Å²) in [7, 11) is 1.47. The van der Waals surface area contributed by atoms with Crippen molar-refractivity contribution >= 4 is 5.97 Å². The first kappa shape index (κ1) is 10.0. The Morgan fingerprint density at radius 3 is 2.75 bits per heavy atom. The lowest BCUT2D eigenvalue weighted by molar-refractivity contribution is 0.0689. The second kappa shape index (κ2) is 3.26. The van der Waals surface area contributed by atoms with Crippen LogP contribution >= 0.6 is 0 Å². The van der Waals surface area contributed by atoms with Crippen molar-refractivity contribution < 1.29 is 9.90 Å². The van der Waals surface area contributed by atoms with Gasteiger partial charge in [-0.1, -0.05) is 0 Å². The number of nitrogens with one attached hydrogen (secondary N) is 1. The maximum Gasteiger partial charge on any atom is 0.356 e. The number of rotatable bonds is 1. The molecule has 2 aliphatic heterocycles. The molecule has 82 valence electrons. The SMILES string of the molecule is Cn1cc(C(=O)O)nc2c(=O)[nH]c(=O)nc1-2. The van der Waals surface area contributed by atoms with Crippen molar-refractivity contribution in [1.29, 1.82) is 0 Å². The molecular weight excluding hydrogens is 216 g/mol. The lowest BCUT2D eigenvalue weighted by atomic mass is 10.3. The molecule has 0 amide bonds. The summed E-state index contributed by atoms with van der Waals surface area (Å²) in [6.07, 6.45) is 1.18. The van der Waals surface area contributed by atoms with Crippen LogP contribution in [0.5, 0.6) is 0 Å². The summed E-state index contributed by atoms with van der Waals surface area (Å²) in [5.74, 6) is -1.22. The van der Waals surface area contributed by atoms with E-state index in [9.17, 15) is 14.4 Å². The van der Waals surface area contributed by atoms with Crippen LogP contribution in [0.1, 0.15) is 10.5 Å². The van der Waals surface area contributed by atoms with Crippen LogP contribution in [0.25, 0.3) is 11.5 Å². The Morgan fingerprint density at radius 2 is 2.12 bits per heavy atom. The number of carboxylic acids is 1. The fraction of sp³-hybridized carbons (Fsp3) is 0.125. The quantitative estimate of drug-likeness (QED) is 0.616. The second-order valence-corrected chi connectivity index (χ2v) is 3.09. The second-order valence-electron chi connectivity index (χ2n) is 3.09. The van der Waals surface area contributed by atoms with E-state index in [0.29, 0.717) is 0 Å². The van der Waals surface area contributed by atoms with E-state index in [1.807, 2.05) is 4.98 Å². The first-order valence-corrected chi connectivity index (χ1v) is 4.20. The highest BCUT2D eigenvalue weighted by atomic mass is 16.4. The predicted octanol–water partition coefficient (Wildman–Crippen LogP) is -1.33. The third-order valence-corrected chi connectivity index (χ3v) is 1.96. The van der Waals surface area contributed by atoms with Crippen molar-refractivity contribution in [3.63, 3.8) is 0 Å². The molecule has 0 radical (unpaired) electrons. The minimum absolute atomic E-state index is 0.0405. The fourth-order valence-corrected chi connectivity index (χ4v) is 1.28. The zero-order valence-electron chi connectivity index (χ0n) is 8.09. The van der Waals surface area contributed by atoms with Gasteiger partial charge < -0.3 is 9.67 Å². The third-order valence-electron chi connectivity index (χ3n) is 1.96. The summed E-state index contributed by atoms with van der Waals surface area (Å²) in [4.78, 5) is 42.1. The van der Waals surface area contributed by atoms with Crippen molar-refractivity contribution in [3.8, 4) is 11.5 Å². The minimum Gasteiger partial charge on any atom is -0.476 e. The molecule has 0 fully saturated rings. The Bertz CT molecular complexity index is 656. The molecular formula is C8H6N4O4. The highest BCUT2D eigenvalue weighted by molar-refractivity contribution is 5.85. The van der Waals surface area contributed by atoms with Gasteiger partial charge in [0.25, 0.3) is 5.56 Å². The molecule has 2 rings (SSSR count). The van der Waals surface area contributed by atoms with Crippen LogP contribution in [0.2, 0.25) is 0 Å². The smallest absolute Gasteiger partial charge is 0.356 e. The summed E-state index contributed by atoms with van der Waals surface area (Å²) in [5.41, 5.74) is -2.02. The molecule has 0 spiro atoms. The standard InChI is InChI=1S/C8H6N4O4/c1-12-2-3(7(14)15)9-4-5(12)10-8(16)11-6(4)13/h2H,1H3,(H,14,15)(H,11,13,16). The Labute approximate surface area is 87.6 Å². The van der Waals surface area contributed by atoms with Crippen LogP contribution in [0.4, 0.5) is 0 Å². The Hall–Kier alpha value is -2.51. The molecule has 2 heterocycles. The average Bonchev–Trinajstić information content (AvgIpc) is 2.19. The van der Waals surface area contributed by atoms with Crippen molar-refractivity contribution in [2.75, 3.05) is 0 Å². The van der Waals surface area contributed by atoms with E-state index in [2.05, 4.69) is 9.97 Å². The van der Waals surface area contributed by atoms with Crippen molar-refractivity contribution in [2.24, 2.45) is 7.05 Å². The van der Waals surface area contributed by atoms with Crippen molar-refractivity contribution in [2.45, 2.75) is 0 Å². The average molecular weight is 222 g/mol. The Balaban J connectivity index is 2.92. The van der Waals surface area contributed by atoms with E-state index in [1.165, 1.54) is 17.8 Å². The molecule has 8 heteroatoms. The predicted molar refractivity (Wildman–Crippen MR) is 51.5 cm³/mol. The van der Waals surface area contributed by atoms with Gasteiger partial charge in [0.1, 0.15) is 0 Å². The van der Waals surface area contributed by atoms with Crippen molar-refractivity contribution in [3.05, 3.63) is 32.7 Å². The zero-order valence-corrected chi connectivity index (χ0v) is 8.09. The Kier molecular flexibility index (Phi) is 2.04. The van der Waals surface area contributed by atoms with Gasteiger partial charge in [0, 0.05) is 13.2 Å². The summed E-state index contributed by atoms with van der Waals surface area (Å²) in [5, 5.41) is 8.74. The summed E-state index contributed by atoms with van der Waals surface area (Å²) in [6.45, 7) is 0. The van der Waals surface area contributed by atoms with E-state index in [4.69, 9.17) is 5.11 Å². The number of nitrogens with zero attached hydrogens (tertiary/aromatic N) is 3. The number of aryl methyl sites for hydroxylation is 1. The highest BCUT2D eigenvalue weighted by Gasteiger charge is 2.17. The zero-order chi connectivity index (χ0) is 11.9. The first-order chi connectivity index (χ1) is 7.49. The van der Waals surface area contributed by atoms with E-state index in [-0.39, 0.29) is 17.2 Å². The fourth-order valence-electron chi connectivity index (χ4n) is 1.28. The van der Waals surface area contributed by atoms with Gasteiger partial charge in [-0.2, -0.15) is 4.98 Å². The van der Waals surface area contributed by atoms with Crippen LogP contribution < -0.4 is 11.2 Å². The molecule has 0 unspecified atom stereocenters. The van der Waals surface area contributed by atoms with Gasteiger partial charge >= 0.3 is 11.7 Å². The van der Waals surface area contributed by atoms with Gasteiger partial charge in [0.05, 0.1) is 0 Å². The van der Waals surface area contributed by atoms with Gasteiger partial charge in [-0.15, -0.1) is 0 Å². The third kappa shape index (κ3) is 1.45. The van der Waals surface area contributed by atoms with Crippen LogP contribution in [-0.2, 0) is 7.05 Å². The van der Waals surface area contributed by atoms with Crippen LogP contribution in [0.15, 0.2) is 15.8 Å². The minimum atomic E-state index is -1.26. The number of hydrogen-bond acceptors (Lipinski definition) is 5. The van der Waals surface area contributed by atoms with Crippen LogP contribution in [0.3, 0.4) is 0 Å². The lowest BCUT2D eigenvalue weighted by Gasteiger charge is -2.08. The molecule has 0 saturated heterocycles. The van der Waals surface area contributed by atoms with Crippen molar-refractivity contribution in [1.82, 2.24) is 19.5 Å². The van der Waals surface area contributed by atoms with Gasteiger partial charge in [0.15, 0.2) is 17.2 Å². The van der Waals surface area contributed by atoms with Crippen LogP contribution in [-0.4, -0.2) is 30.6 Å². The lowest BCUT2D eigenvalue weighted by Crippen LogP contribution is -2.29. The highest BCUT2D eigenvalue weighted by Crippen LogP contribution is 2.09. The number of carbonyl (C=O) groups is 1. The molecule has 0 aliphatic carbocycles. The molecule has 0 aromatic rings. The normalized spacial score (nSPS) is 10.6. The summed E-state index contributed by atoms with van der Waals surface area (Å²) in [6, 6.07) is 0. The number of carboxylic acid groups (broad SMARTS) is 1. The number of fused-ring (bicyclic) bond motifs is 1. The summed E-state index contributed by atoms with van der Waals surface area (Å²) < 4.78 is 1.27. The van der Waals surface area contributed by atoms with Gasteiger partial charge in [-0.25, -0.2) is 14.6 Å². The van der Waals surface area contributed by atoms with E-state index in [1.54, 1.807) is 0 Å². The molecule has 0 aromatic carbocycles. The van der Waals surface area contributed by atoms with E-state index >= 15 is 0 Å². The summed E-state index contributed by atoms with van der Waals surface area (Å²) >= 11 is 0. The number of H-pyrrole nitrogens is 1. The van der Waals surface area contributed by atoms with Crippen LogP contribution in [0, 0.1) is 0 Å². The molecule has 0 aromatic heterocycles. The number of aromatic carboxylic acids is 1. The maximum absolute atomic E-state index is 11.4. The molecule has 8 nitrogen and oxygen atoms in total. The molecule has 0 saturated carbocycles. The number of aromatic amines is 1. The topological polar surface area (TPSA) is 118 Å². The van der Waals surface area contributed by atoms with E-state index < -0.39 is 17.2 Å². The van der Waals surface area contributed by atoms with Gasteiger partial charge in [-0.3, -0.25) is 9.78 Å². The molecule has 0 atom stereocenters. The number of hydrogen-bond donors (Lipinski definition) is 2. The monoisotopic (exact) mass is 222 g/mol. The van der Waals surface area contributed by atoms with Gasteiger partial charge in [0.2, 0.25) is 0 Å². The molecule has 2 aliphatic rings. The first-order valence-electron chi connectivity index (χ1n) is 4.20.